The molecule has 5 atom stereocenters. The van der Waals surface area contributed by atoms with Crippen molar-refractivity contribution < 1.29 is 150 Å². The summed E-state index contributed by atoms with van der Waals surface area (Å²) in [6.45, 7) is 56.3. The summed E-state index contributed by atoms with van der Waals surface area (Å²) in [6.07, 6.45) is 7.87. The van der Waals surface area contributed by atoms with E-state index >= 15 is 0 Å². The van der Waals surface area contributed by atoms with Gasteiger partial charge in [0.25, 0.3) is 0 Å². The highest BCUT2D eigenvalue weighted by atomic mass is 32.2. The fourth-order valence-electron chi connectivity index (χ4n) is 13.0. The molecule has 2 N–H and O–H groups in total. The third kappa shape index (κ3) is 41.9. The van der Waals surface area contributed by atoms with Crippen molar-refractivity contribution in [1.29, 1.82) is 0 Å². The van der Waals surface area contributed by atoms with Crippen LogP contribution >= 0.6 is 0 Å². The molecule has 4 aromatic carbocycles. The van der Waals surface area contributed by atoms with Crippen LogP contribution in [0.25, 0.3) is 0 Å². The summed E-state index contributed by atoms with van der Waals surface area (Å²) in [6, 6.07) is 12.3. The van der Waals surface area contributed by atoms with Crippen LogP contribution in [0.5, 0.6) is 69.0 Å². The number of nitrogens with zero attached hydrogens (tertiary/aromatic N) is 3. The van der Waals surface area contributed by atoms with Gasteiger partial charge in [-0.05, 0) is 128 Å². The summed E-state index contributed by atoms with van der Waals surface area (Å²) < 4.78 is 143. The van der Waals surface area contributed by atoms with E-state index in [-0.39, 0.29) is 94.9 Å². The molecule has 2 amide bonds. The van der Waals surface area contributed by atoms with Gasteiger partial charge in [0, 0.05) is 135 Å². The van der Waals surface area contributed by atoms with Crippen LogP contribution in [-0.4, -0.2) is 271 Å². The molecule has 0 aliphatic carbocycles. The van der Waals surface area contributed by atoms with Crippen LogP contribution in [0.1, 0.15) is 215 Å². The maximum absolute atomic E-state index is 13.0. The molecular weight excluding hydrogens is 1840 g/mol. The molecule has 0 spiro atoms. The van der Waals surface area contributed by atoms with Crippen molar-refractivity contribution >= 4 is 67.3 Å². The predicted octanol–water partition coefficient (Wildman–Crippen LogP) is 17.6. The van der Waals surface area contributed by atoms with Crippen LogP contribution < -0.4 is 57.4 Å². The number of methoxy groups -OCH3 is 8. The minimum Gasteiger partial charge on any atom is -0.544 e. The number of aliphatic imine (C=N–C) groups is 1. The highest BCUT2D eigenvalue weighted by Gasteiger charge is 2.50. The largest absolute Gasteiger partial charge is 0.544 e. The SMILES string of the molecule is C=C(O[Si](C)(C)C)/C(=C/OCC)C(=O)OCC.CC(C)(C)OC(=O)N1[C@H](C(C)(C)C)COS1(=O)=O.CCOC(=O)C1=CN2C(CC1=O)c1cc(OC)c(OCCCOC)cc1OC[C@H]2C(C)(C)C.COCCCOc1cc(O)c(C=O)cc1OC.COCCCOc1cc(OC[C@H](NC(=O)OC(C)(C)C)C(C)(C)C)c(C=O)cc1OC.COCCCOc1cc2c(cc1OC)C=N[C@H](C(C)(C)C)CO2. The molecular formula is C101H158N4O32SSi. The number of amides is 2. The van der Waals surface area contributed by atoms with Crippen molar-refractivity contribution in [2.75, 3.05) is 156 Å². The summed E-state index contributed by atoms with van der Waals surface area (Å²) in [5.41, 5.74) is 0.353. The van der Waals surface area contributed by atoms with Crippen LogP contribution in [0.15, 0.2) is 89.5 Å². The van der Waals surface area contributed by atoms with Gasteiger partial charge in [-0.1, -0.05) is 89.7 Å². The highest BCUT2D eigenvalue weighted by Crippen LogP contribution is 2.48. The Balaban J connectivity index is 0.000000438. The number of carbonyl (C=O) groups excluding carboxylic acids is 7. The molecule has 4 aliphatic heterocycles. The summed E-state index contributed by atoms with van der Waals surface area (Å²) in [5, 5.41) is 12.4. The lowest BCUT2D eigenvalue weighted by Crippen LogP contribution is -2.49. The Morgan fingerprint density at radius 3 is 1.47 bits per heavy atom. The molecule has 1 fully saturated rings. The predicted molar refractivity (Wildman–Crippen MR) is 531 cm³/mol. The van der Waals surface area contributed by atoms with Gasteiger partial charge in [-0.3, -0.25) is 23.6 Å². The van der Waals surface area contributed by atoms with E-state index in [4.69, 9.17) is 103 Å². The first-order chi connectivity index (χ1) is 64.9. The standard InChI is InChI=1S/C25H35NO7.C23H37NO7.C18H27NO4.C12H16O5.C12H22O4Si.C11H21NO5S/c1-7-31-24(28)17-14-26-18(12-19(17)27)16-11-21(30-6)22(32-10-8-9-29-5)13-20(16)33-15-23(26)25(2,3)4;1-22(2,3)20(24-21(26)31-23(4,5)6)15-30-17-13-19(29-11-9-10-27-7)18(28-8)12-16(17)14-25;1-18(2,3)17-12-23-14-10-16(22-8-6-7-20-4)15(21-5)9-13(14)11-19-17;1-15-4-3-5-17-12-7-10(14)9(8-13)6-11(12)16-2;1-7-14-9-11(12(13)15-8-2)10(3)16-17(4,5)6;1-10(2,3)8-7-16-18(14,15)12(8)9(13)17-11(4,5)6/h11,13-14,18,23H,7-10,12,15H2,1-6H3;12-14,20H,9-11,15H2,1-8H3,(H,24,26);9-11,17H,6-8,12H2,1-5H3;6-8,14H,3-5H2,1-2H3;9H,3,7-8H2,1-2,4-6H3;8H,7H2,1-6H3/b;;;;11-9-;/t18?,23-;20-;17-;;;8-/m000..0/s1. The molecule has 4 aliphatic rings. The first kappa shape index (κ1) is 122. The Morgan fingerprint density at radius 1 is 0.554 bits per heavy atom. The lowest BCUT2D eigenvalue weighted by atomic mass is 9.83. The highest BCUT2D eigenvalue weighted by molar-refractivity contribution is 7.85. The summed E-state index contributed by atoms with van der Waals surface area (Å²) in [7, 11) is 6.96. The molecule has 4 aromatic rings. The third-order valence-corrected chi connectivity index (χ3v) is 22.6. The number of benzene rings is 4. The van der Waals surface area contributed by atoms with Gasteiger partial charge in [-0.25, -0.2) is 19.2 Å². The number of phenols is 1. The van der Waals surface area contributed by atoms with Gasteiger partial charge in [0.1, 0.15) is 77.2 Å². The fourth-order valence-corrected chi connectivity index (χ4v) is 15.1. The van der Waals surface area contributed by atoms with Crippen LogP contribution in [0, 0.1) is 21.7 Å². The minimum atomic E-state index is -4.03. The van der Waals surface area contributed by atoms with Crippen LogP contribution in [-0.2, 0) is 75.9 Å². The topological polar surface area (TPSA) is 408 Å². The van der Waals surface area contributed by atoms with Gasteiger partial charge >= 0.3 is 34.4 Å². The number of alkyl carbamates (subject to hydrolysis) is 1. The molecule has 0 saturated carbocycles. The number of esters is 2. The molecule has 1 unspecified atom stereocenters. The van der Waals surface area contributed by atoms with Crippen molar-refractivity contribution in [3.05, 3.63) is 107 Å². The maximum Gasteiger partial charge on any atom is 0.426 e. The number of ether oxygens (including phenoxy) is 20. The molecule has 4 heterocycles. The Bertz CT molecular complexity index is 4770. The number of phenolic OH excluding ortho intramolecular Hbond substituents is 1. The van der Waals surface area contributed by atoms with E-state index in [0.717, 1.165) is 36.1 Å². The average Bonchev–Trinajstić information content (AvgIpc) is 1.67. The van der Waals surface area contributed by atoms with Crippen LogP contribution in [0.4, 0.5) is 9.59 Å². The van der Waals surface area contributed by atoms with E-state index < -0.39 is 65.4 Å². The number of hydrogen-bond acceptors (Lipinski definition) is 34. The van der Waals surface area contributed by atoms with Gasteiger partial charge in [0.05, 0.1) is 123 Å². The number of fused-ring (bicyclic) bond motifs is 4. The minimum absolute atomic E-state index is 0.0366. The number of nitrogens with one attached hydrogen (secondary N) is 1. The molecule has 36 nitrogen and oxygen atoms in total. The second-order valence-corrected chi connectivity index (χ2v) is 45.3. The second-order valence-electron chi connectivity index (χ2n) is 39.3. The first-order valence-corrected chi connectivity index (χ1v) is 51.1. The van der Waals surface area contributed by atoms with Gasteiger partial charge < -0.3 is 114 Å². The van der Waals surface area contributed by atoms with E-state index in [1.165, 1.54) is 32.6 Å². The lowest BCUT2D eigenvalue weighted by Gasteiger charge is -2.43. The maximum atomic E-state index is 13.0. The third-order valence-electron chi connectivity index (χ3n) is 20.4. The zero-order valence-corrected chi connectivity index (χ0v) is 89.9. The summed E-state index contributed by atoms with van der Waals surface area (Å²) in [5.74, 6) is 4.92. The molecule has 0 radical (unpaired) electrons. The normalized spacial score (nSPS) is 16.2. The lowest BCUT2D eigenvalue weighted by molar-refractivity contribution is -0.141. The van der Waals surface area contributed by atoms with E-state index in [1.807, 2.05) is 98.6 Å². The summed E-state index contributed by atoms with van der Waals surface area (Å²) in [4.78, 5) is 90.3. The number of aldehydes is 2. The number of ketones is 1. The number of Topliss-reactive ketones (excluding diaryl/α,β-unsaturated/α-hetero) is 1. The van der Waals surface area contributed by atoms with E-state index in [2.05, 4.69) is 63.3 Å². The monoisotopic (exact) mass is 2000 g/mol. The Hall–Kier alpha value is -10.8. The van der Waals surface area contributed by atoms with E-state index in [9.17, 15) is 47.1 Å². The van der Waals surface area contributed by atoms with E-state index in [1.54, 1.807) is 116 Å². The Kier molecular flexibility index (Phi) is 50.9. The number of aromatic hydroxyl groups is 1. The smallest absolute Gasteiger partial charge is 0.426 e. The second kappa shape index (κ2) is 57.8. The molecule has 1 saturated heterocycles. The molecule has 8 rings (SSSR count). The zero-order valence-electron chi connectivity index (χ0n) is 88.1. The average molecular weight is 2000 g/mol. The molecule has 0 bridgehead atoms. The molecule has 38 heteroatoms. The number of rotatable bonds is 39. The zero-order chi connectivity index (χ0) is 105. The van der Waals surface area contributed by atoms with Crippen molar-refractivity contribution in [2.24, 2.45) is 26.7 Å². The molecule has 0 aromatic heterocycles. The Labute approximate surface area is 825 Å². The van der Waals surface area contributed by atoms with Crippen molar-refractivity contribution in [2.45, 2.75) is 239 Å². The van der Waals surface area contributed by atoms with Gasteiger partial charge in [-0.2, -0.15) is 12.7 Å². The van der Waals surface area contributed by atoms with Crippen LogP contribution in [0.3, 0.4) is 0 Å². The van der Waals surface area contributed by atoms with Gasteiger partial charge in [-0.15, -0.1) is 0 Å². The van der Waals surface area contributed by atoms with Crippen molar-refractivity contribution in [3.63, 3.8) is 0 Å². The quantitative estimate of drug-likeness (QED) is 0.00482. The van der Waals surface area contributed by atoms with Crippen molar-refractivity contribution in [1.82, 2.24) is 14.5 Å². The van der Waals surface area contributed by atoms with Gasteiger partial charge in [0.2, 0.25) is 8.32 Å². The Morgan fingerprint density at radius 2 is 1.02 bits per heavy atom. The van der Waals surface area contributed by atoms with E-state index in [0.29, 0.717) is 171 Å². The summed E-state index contributed by atoms with van der Waals surface area (Å²) >= 11 is 0. The first-order valence-electron chi connectivity index (χ1n) is 46.3. The van der Waals surface area contributed by atoms with Gasteiger partial charge in [0.15, 0.2) is 64.4 Å². The molecule has 784 valence electrons. The fraction of sp³-hybridized carbons (Fsp3) is 0.624. The number of hydrogen-bond donors (Lipinski definition) is 2. The molecule has 139 heavy (non-hydrogen) atoms. The van der Waals surface area contributed by atoms with Crippen molar-refractivity contribution in [3.8, 4) is 69.0 Å². The number of carbonyl (C=O) groups is 7. The van der Waals surface area contributed by atoms with Crippen LogP contribution in [0.2, 0.25) is 19.6 Å².